The number of benzene rings is 1. The van der Waals surface area contributed by atoms with Gasteiger partial charge in [0.05, 0.1) is 5.56 Å². The monoisotopic (exact) mass is 210 g/mol. The third-order valence-electron chi connectivity index (χ3n) is 2.39. The van der Waals surface area contributed by atoms with Gasteiger partial charge in [-0.3, -0.25) is 0 Å². The molecule has 1 aromatic rings. The third-order valence-corrected chi connectivity index (χ3v) is 2.39. The Bertz CT molecular complexity index is 438. The molecule has 4 heteroatoms. The molecule has 0 spiro atoms. The Hall–Kier alpha value is -1.58. The molecular weight excluding hydrogens is 199 g/mol. The van der Waals surface area contributed by atoms with E-state index in [1.54, 1.807) is 0 Å². The molecule has 0 fully saturated rings. The van der Waals surface area contributed by atoms with E-state index in [2.05, 4.69) is 0 Å². The SMILES string of the molecule is CC1(C)Cc2c(cc(F)cc2C(=O)O)O1. The van der Waals surface area contributed by atoms with Crippen molar-refractivity contribution in [3.8, 4) is 5.75 Å². The normalized spacial score (nSPS) is 17.0. The Morgan fingerprint density at radius 2 is 2.20 bits per heavy atom. The number of carbonyl (C=O) groups is 1. The van der Waals surface area contributed by atoms with Gasteiger partial charge in [-0.05, 0) is 19.9 Å². The zero-order valence-electron chi connectivity index (χ0n) is 8.50. The van der Waals surface area contributed by atoms with Crippen LogP contribution in [0.2, 0.25) is 0 Å². The molecule has 0 saturated carbocycles. The van der Waals surface area contributed by atoms with Crippen molar-refractivity contribution in [2.45, 2.75) is 25.9 Å². The van der Waals surface area contributed by atoms with Crippen LogP contribution in [0.4, 0.5) is 4.39 Å². The molecule has 0 saturated heterocycles. The Morgan fingerprint density at radius 3 is 2.80 bits per heavy atom. The maximum absolute atomic E-state index is 13.1. The summed E-state index contributed by atoms with van der Waals surface area (Å²) in [7, 11) is 0. The molecule has 0 atom stereocenters. The Labute approximate surface area is 86.5 Å². The third kappa shape index (κ3) is 1.67. The van der Waals surface area contributed by atoms with Crippen molar-refractivity contribution in [1.82, 2.24) is 0 Å². The summed E-state index contributed by atoms with van der Waals surface area (Å²) in [6, 6.07) is 2.27. The van der Waals surface area contributed by atoms with Gasteiger partial charge in [-0.25, -0.2) is 9.18 Å². The van der Waals surface area contributed by atoms with Crippen LogP contribution in [-0.4, -0.2) is 16.7 Å². The smallest absolute Gasteiger partial charge is 0.336 e. The summed E-state index contributed by atoms with van der Waals surface area (Å²) in [6.07, 6.45) is 0.490. The van der Waals surface area contributed by atoms with Gasteiger partial charge in [-0.15, -0.1) is 0 Å². The lowest BCUT2D eigenvalue weighted by Crippen LogP contribution is -2.24. The maximum Gasteiger partial charge on any atom is 0.336 e. The van der Waals surface area contributed by atoms with Gasteiger partial charge in [0.15, 0.2) is 0 Å². The molecule has 1 aromatic carbocycles. The van der Waals surface area contributed by atoms with Crippen LogP contribution >= 0.6 is 0 Å². The van der Waals surface area contributed by atoms with Crippen LogP contribution in [-0.2, 0) is 6.42 Å². The van der Waals surface area contributed by atoms with Crippen LogP contribution in [0.1, 0.15) is 29.8 Å². The van der Waals surface area contributed by atoms with Crippen molar-refractivity contribution in [2.24, 2.45) is 0 Å². The van der Waals surface area contributed by atoms with Crippen molar-refractivity contribution >= 4 is 5.97 Å². The Balaban J connectivity index is 2.58. The van der Waals surface area contributed by atoms with E-state index < -0.39 is 17.4 Å². The van der Waals surface area contributed by atoms with Gasteiger partial charge in [0.2, 0.25) is 0 Å². The zero-order valence-corrected chi connectivity index (χ0v) is 8.50. The molecule has 2 rings (SSSR count). The number of fused-ring (bicyclic) bond motifs is 1. The number of carboxylic acid groups (broad SMARTS) is 1. The summed E-state index contributed by atoms with van der Waals surface area (Å²) in [6.45, 7) is 3.69. The van der Waals surface area contributed by atoms with Gasteiger partial charge in [0, 0.05) is 18.1 Å². The van der Waals surface area contributed by atoms with Gasteiger partial charge in [0.1, 0.15) is 17.2 Å². The van der Waals surface area contributed by atoms with Gasteiger partial charge in [-0.1, -0.05) is 0 Å². The lowest BCUT2D eigenvalue weighted by atomic mass is 9.97. The van der Waals surface area contributed by atoms with E-state index in [1.165, 1.54) is 6.07 Å². The summed E-state index contributed by atoms with van der Waals surface area (Å²) >= 11 is 0. The van der Waals surface area contributed by atoms with Crippen LogP contribution in [0.25, 0.3) is 0 Å². The number of carboxylic acids is 1. The highest BCUT2D eigenvalue weighted by atomic mass is 19.1. The highest BCUT2D eigenvalue weighted by molar-refractivity contribution is 5.90. The fraction of sp³-hybridized carbons (Fsp3) is 0.364. The predicted molar refractivity (Wildman–Crippen MR) is 51.8 cm³/mol. The summed E-state index contributed by atoms with van der Waals surface area (Å²) < 4.78 is 18.6. The van der Waals surface area contributed by atoms with Gasteiger partial charge >= 0.3 is 5.97 Å². The average molecular weight is 210 g/mol. The first-order chi connectivity index (χ1) is 6.89. The fourth-order valence-corrected chi connectivity index (χ4v) is 1.84. The van der Waals surface area contributed by atoms with E-state index in [0.717, 1.165) is 6.07 Å². The van der Waals surface area contributed by atoms with E-state index in [4.69, 9.17) is 9.84 Å². The quantitative estimate of drug-likeness (QED) is 0.773. The molecule has 1 N–H and O–H groups in total. The Kier molecular flexibility index (Phi) is 1.96. The van der Waals surface area contributed by atoms with Crippen LogP contribution in [0.3, 0.4) is 0 Å². The van der Waals surface area contributed by atoms with Gasteiger partial charge < -0.3 is 9.84 Å². The second kappa shape index (κ2) is 2.95. The zero-order chi connectivity index (χ0) is 11.2. The highest BCUT2D eigenvalue weighted by Crippen LogP contribution is 2.37. The van der Waals surface area contributed by atoms with Gasteiger partial charge in [0.25, 0.3) is 0 Å². The highest BCUT2D eigenvalue weighted by Gasteiger charge is 2.33. The van der Waals surface area contributed by atoms with E-state index in [-0.39, 0.29) is 5.56 Å². The number of aromatic carboxylic acids is 1. The minimum absolute atomic E-state index is 0.00410. The summed E-state index contributed by atoms with van der Waals surface area (Å²) in [4.78, 5) is 10.9. The van der Waals surface area contributed by atoms with Crippen LogP contribution in [0.5, 0.6) is 5.75 Å². The molecule has 1 heterocycles. The molecule has 15 heavy (non-hydrogen) atoms. The molecule has 3 nitrogen and oxygen atoms in total. The lowest BCUT2D eigenvalue weighted by molar-refractivity contribution is 0.0695. The molecule has 0 bridgehead atoms. The largest absolute Gasteiger partial charge is 0.487 e. The molecule has 1 aliphatic rings. The number of ether oxygens (including phenoxy) is 1. The lowest BCUT2D eigenvalue weighted by Gasteiger charge is -2.16. The first kappa shape index (κ1) is 9.96. The second-order valence-electron chi connectivity index (χ2n) is 4.27. The van der Waals surface area contributed by atoms with Crippen molar-refractivity contribution in [3.05, 3.63) is 29.1 Å². The molecule has 80 valence electrons. The number of hydrogen-bond donors (Lipinski definition) is 1. The minimum Gasteiger partial charge on any atom is -0.487 e. The van der Waals surface area contributed by atoms with Gasteiger partial charge in [-0.2, -0.15) is 0 Å². The molecule has 0 unspecified atom stereocenters. The molecule has 0 aliphatic carbocycles. The average Bonchev–Trinajstić information content (AvgIpc) is 2.36. The van der Waals surface area contributed by atoms with E-state index in [9.17, 15) is 9.18 Å². The Morgan fingerprint density at radius 1 is 1.53 bits per heavy atom. The van der Waals surface area contributed by atoms with E-state index in [1.807, 2.05) is 13.8 Å². The fourth-order valence-electron chi connectivity index (χ4n) is 1.84. The van der Waals surface area contributed by atoms with E-state index >= 15 is 0 Å². The molecule has 0 radical (unpaired) electrons. The van der Waals surface area contributed by atoms with Crippen LogP contribution < -0.4 is 4.74 Å². The molecular formula is C11H11FO3. The summed E-state index contributed by atoms with van der Waals surface area (Å²) in [5.74, 6) is -1.35. The predicted octanol–water partition coefficient (Wildman–Crippen LogP) is 2.24. The molecule has 0 amide bonds. The second-order valence-corrected chi connectivity index (χ2v) is 4.27. The standard InChI is InChI=1S/C11H11FO3/c1-11(2)5-8-7(10(13)14)3-6(12)4-9(8)15-11/h3-4H,5H2,1-2H3,(H,13,14). The number of halogens is 1. The minimum atomic E-state index is -1.12. The van der Waals surface area contributed by atoms with E-state index in [0.29, 0.717) is 17.7 Å². The van der Waals surface area contributed by atoms with Crippen LogP contribution in [0, 0.1) is 5.82 Å². The first-order valence-electron chi connectivity index (χ1n) is 4.64. The topological polar surface area (TPSA) is 46.5 Å². The number of hydrogen-bond acceptors (Lipinski definition) is 2. The van der Waals surface area contributed by atoms with Crippen LogP contribution in [0.15, 0.2) is 12.1 Å². The molecule has 0 aromatic heterocycles. The van der Waals surface area contributed by atoms with Crippen molar-refractivity contribution in [3.63, 3.8) is 0 Å². The molecule has 1 aliphatic heterocycles. The van der Waals surface area contributed by atoms with Crippen molar-refractivity contribution in [1.29, 1.82) is 0 Å². The van der Waals surface area contributed by atoms with Crippen molar-refractivity contribution < 1.29 is 19.0 Å². The summed E-state index contributed by atoms with van der Waals surface area (Å²) in [5, 5.41) is 8.92. The summed E-state index contributed by atoms with van der Waals surface area (Å²) in [5.41, 5.74) is 0.116. The maximum atomic E-state index is 13.1. The number of rotatable bonds is 1. The van der Waals surface area contributed by atoms with Crippen molar-refractivity contribution in [2.75, 3.05) is 0 Å². The first-order valence-corrected chi connectivity index (χ1v) is 4.64.